The monoisotopic (exact) mass is 430 g/mol. The normalized spacial score (nSPS) is 11.9. The smallest absolute Gasteiger partial charge is 0.305 e. The third-order valence-electron chi connectivity index (χ3n) is 4.75. The maximum Gasteiger partial charge on any atom is 0.305 e. The summed E-state index contributed by atoms with van der Waals surface area (Å²) in [4.78, 5) is 10.8. The van der Waals surface area contributed by atoms with Crippen LogP contribution in [0.3, 0.4) is 0 Å². The van der Waals surface area contributed by atoms with E-state index in [0.29, 0.717) is 29.4 Å². The zero-order valence-corrected chi connectivity index (χ0v) is 17.2. The van der Waals surface area contributed by atoms with E-state index in [4.69, 9.17) is 19.8 Å². The third-order valence-corrected chi connectivity index (χ3v) is 4.75. The minimum Gasteiger partial charge on any atom is -0.489 e. The van der Waals surface area contributed by atoms with Crippen LogP contribution in [0, 0.1) is 11.3 Å². The summed E-state index contributed by atoms with van der Waals surface area (Å²) in [5, 5.41) is 30.6. The van der Waals surface area contributed by atoms with Gasteiger partial charge in [-0.25, -0.2) is 0 Å². The van der Waals surface area contributed by atoms with Crippen molar-refractivity contribution in [1.82, 2.24) is 0 Å². The molecule has 3 aromatic rings. The summed E-state index contributed by atoms with van der Waals surface area (Å²) < 4.78 is 11.5. The molecule has 1 unspecified atom stereocenters. The van der Waals surface area contributed by atoms with E-state index < -0.39 is 11.9 Å². The standard InChI is InChI=1S/C25H22N2O5/c26-15-21(14-25(28)29)19-8-12-23(13-9-19)31-16-18-6-10-22(11-7-18)32-17-24(27-30)20-4-2-1-3-5-20/h1-13,21,30H,14,16-17H2,(H,28,29). The van der Waals surface area contributed by atoms with Gasteiger partial charge in [0, 0.05) is 5.56 Å². The molecule has 0 amide bonds. The predicted octanol–water partition coefficient (Wildman–Crippen LogP) is 4.60. The lowest BCUT2D eigenvalue weighted by Gasteiger charge is -2.11. The fraction of sp³-hybridized carbons (Fsp3) is 0.160. The Morgan fingerprint density at radius 3 is 2.16 bits per heavy atom. The number of carbonyl (C=O) groups is 1. The Bertz CT molecular complexity index is 1090. The number of rotatable bonds is 10. The molecule has 32 heavy (non-hydrogen) atoms. The van der Waals surface area contributed by atoms with Gasteiger partial charge in [0.25, 0.3) is 0 Å². The Balaban J connectivity index is 1.51. The lowest BCUT2D eigenvalue weighted by molar-refractivity contribution is -0.137. The van der Waals surface area contributed by atoms with Gasteiger partial charge < -0.3 is 19.8 Å². The number of oxime groups is 1. The molecule has 0 aliphatic rings. The highest BCUT2D eigenvalue weighted by atomic mass is 16.5. The highest BCUT2D eigenvalue weighted by Crippen LogP contribution is 2.23. The van der Waals surface area contributed by atoms with Crippen molar-refractivity contribution in [3.8, 4) is 17.6 Å². The summed E-state index contributed by atoms with van der Waals surface area (Å²) >= 11 is 0. The van der Waals surface area contributed by atoms with Crippen LogP contribution >= 0.6 is 0 Å². The highest BCUT2D eigenvalue weighted by molar-refractivity contribution is 6.01. The first-order chi connectivity index (χ1) is 15.6. The molecular weight excluding hydrogens is 408 g/mol. The Morgan fingerprint density at radius 2 is 1.56 bits per heavy atom. The topological polar surface area (TPSA) is 112 Å². The molecular formula is C25H22N2O5. The number of hydrogen-bond acceptors (Lipinski definition) is 6. The molecule has 0 radical (unpaired) electrons. The molecule has 7 heteroatoms. The van der Waals surface area contributed by atoms with Gasteiger partial charge in [0.1, 0.15) is 30.4 Å². The molecule has 0 fully saturated rings. The molecule has 0 aromatic heterocycles. The average molecular weight is 430 g/mol. The number of nitriles is 1. The molecule has 3 aromatic carbocycles. The summed E-state index contributed by atoms with van der Waals surface area (Å²) in [5.74, 6) is -0.444. The van der Waals surface area contributed by atoms with Crippen LogP contribution in [0.15, 0.2) is 84.0 Å². The second-order valence-corrected chi connectivity index (χ2v) is 6.98. The molecule has 3 rings (SSSR count). The molecule has 0 bridgehead atoms. The van der Waals surface area contributed by atoms with E-state index in [1.807, 2.05) is 60.7 Å². The molecule has 1 atom stereocenters. The number of aliphatic carboxylic acids is 1. The fourth-order valence-electron chi connectivity index (χ4n) is 3.01. The number of hydrogen-bond donors (Lipinski definition) is 2. The average Bonchev–Trinajstić information content (AvgIpc) is 2.83. The lowest BCUT2D eigenvalue weighted by atomic mass is 9.97. The van der Waals surface area contributed by atoms with Crippen molar-refractivity contribution < 1.29 is 24.6 Å². The maximum absolute atomic E-state index is 10.8. The van der Waals surface area contributed by atoms with Crippen LogP contribution in [0.5, 0.6) is 11.5 Å². The van der Waals surface area contributed by atoms with Gasteiger partial charge in [-0.15, -0.1) is 0 Å². The van der Waals surface area contributed by atoms with Gasteiger partial charge in [0.05, 0.1) is 18.4 Å². The van der Waals surface area contributed by atoms with Crippen LogP contribution in [-0.2, 0) is 11.4 Å². The summed E-state index contributed by atoms with van der Waals surface area (Å²) in [7, 11) is 0. The Labute approximate surface area is 185 Å². The molecule has 0 saturated carbocycles. The van der Waals surface area contributed by atoms with E-state index >= 15 is 0 Å². The lowest BCUT2D eigenvalue weighted by Crippen LogP contribution is -2.13. The number of nitrogens with zero attached hydrogens (tertiary/aromatic N) is 2. The van der Waals surface area contributed by atoms with Gasteiger partial charge >= 0.3 is 5.97 Å². The summed E-state index contributed by atoms with van der Waals surface area (Å²) in [5.41, 5.74) is 2.80. The molecule has 0 heterocycles. The Kier molecular flexibility index (Phi) is 7.82. The van der Waals surface area contributed by atoms with E-state index in [9.17, 15) is 10.0 Å². The van der Waals surface area contributed by atoms with Gasteiger partial charge in [-0.05, 0) is 35.4 Å². The second kappa shape index (κ2) is 11.2. The van der Waals surface area contributed by atoms with Crippen molar-refractivity contribution in [1.29, 1.82) is 5.26 Å². The summed E-state index contributed by atoms with van der Waals surface area (Å²) in [6, 6.07) is 25.5. The summed E-state index contributed by atoms with van der Waals surface area (Å²) in [6.07, 6.45) is -0.234. The molecule has 0 aliphatic heterocycles. The first-order valence-corrected chi connectivity index (χ1v) is 9.91. The number of carboxylic acids is 1. The van der Waals surface area contributed by atoms with Crippen LogP contribution in [0.1, 0.15) is 29.0 Å². The van der Waals surface area contributed by atoms with Crippen molar-refractivity contribution >= 4 is 11.7 Å². The van der Waals surface area contributed by atoms with Gasteiger partial charge in [-0.2, -0.15) is 5.26 Å². The molecule has 0 aliphatic carbocycles. The Hall–Kier alpha value is -4.31. The zero-order chi connectivity index (χ0) is 22.8. The van der Waals surface area contributed by atoms with E-state index in [1.165, 1.54) is 0 Å². The highest BCUT2D eigenvalue weighted by Gasteiger charge is 2.14. The van der Waals surface area contributed by atoms with Crippen molar-refractivity contribution in [3.05, 3.63) is 95.6 Å². The third kappa shape index (κ3) is 6.34. The van der Waals surface area contributed by atoms with Gasteiger partial charge in [-0.3, -0.25) is 4.79 Å². The largest absolute Gasteiger partial charge is 0.489 e. The molecule has 2 N–H and O–H groups in total. The molecule has 7 nitrogen and oxygen atoms in total. The zero-order valence-electron chi connectivity index (χ0n) is 17.2. The minimum absolute atomic E-state index is 0.133. The Morgan fingerprint density at radius 1 is 0.938 bits per heavy atom. The number of ether oxygens (including phenoxy) is 2. The van der Waals surface area contributed by atoms with Crippen LogP contribution < -0.4 is 9.47 Å². The van der Waals surface area contributed by atoms with Gasteiger partial charge in [-0.1, -0.05) is 59.8 Å². The minimum atomic E-state index is -1.01. The number of benzene rings is 3. The van der Waals surface area contributed by atoms with E-state index in [0.717, 1.165) is 11.1 Å². The second-order valence-electron chi connectivity index (χ2n) is 6.98. The molecule has 0 saturated heterocycles. The van der Waals surface area contributed by atoms with Crippen molar-refractivity contribution in [3.63, 3.8) is 0 Å². The maximum atomic E-state index is 10.8. The van der Waals surface area contributed by atoms with Crippen molar-refractivity contribution in [2.75, 3.05) is 6.61 Å². The van der Waals surface area contributed by atoms with Gasteiger partial charge in [0.15, 0.2) is 0 Å². The van der Waals surface area contributed by atoms with Crippen molar-refractivity contribution in [2.24, 2.45) is 5.16 Å². The van der Waals surface area contributed by atoms with Crippen LogP contribution in [0.4, 0.5) is 0 Å². The molecule has 162 valence electrons. The first kappa shape index (κ1) is 22.4. The van der Waals surface area contributed by atoms with E-state index in [2.05, 4.69) is 5.16 Å². The van der Waals surface area contributed by atoms with Crippen LogP contribution in [0.25, 0.3) is 0 Å². The first-order valence-electron chi connectivity index (χ1n) is 9.91. The SMILES string of the molecule is N#CC(CC(=O)O)c1ccc(OCc2ccc(OCC(=NO)c3ccccc3)cc2)cc1. The quantitative estimate of drug-likeness (QED) is 0.276. The van der Waals surface area contributed by atoms with Gasteiger partial charge in [0.2, 0.25) is 0 Å². The van der Waals surface area contributed by atoms with Crippen molar-refractivity contribution in [2.45, 2.75) is 18.9 Å². The number of carboxylic acid groups (broad SMARTS) is 1. The predicted molar refractivity (Wildman–Crippen MR) is 118 cm³/mol. The van der Waals surface area contributed by atoms with E-state index in [-0.39, 0.29) is 13.0 Å². The summed E-state index contributed by atoms with van der Waals surface area (Å²) in [6.45, 7) is 0.470. The fourth-order valence-corrected chi connectivity index (χ4v) is 3.01. The van der Waals surface area contributed by atoms with E-state index in [1.54, 1.807) is 24.3 Å². The molecule has 0 spiro atoms. The van der Waals surface area contributed by atoms with Crippen LogP contribution in [0.2, 0.25) is 0 Å². The van der Waals surface area contributed by atoms with Crippen LogP contribution in [-0.4, -0.2) is 28.6 Å².